The van der Waals surface area contributed by atoms with Crippen LogP contribution < -0.4 is 10.7 Å². The van der Waals surface area contributed by atoms with Crippen molar-refractivity contribution in [1.29, 1.82) is 0 Å². The third-order valence-electron chi connectivity index (χ3n) is 5.63. The molecule has 0 fully saturated rings. The molecule has 5 rings (SSSR count). The maximum Gasteiger partial charge on any atom is 0.417 e. The number of fused-ring (bicyclic) bond motifs is 2. The third-order valence-corrected chi connectivity index (χ3v) is 5.63. The van der Waals surface area contributed by atoms with Crippen LogP contribution in [-0.4, -0.2) is 20.5 Å². The first-order chi connectivity index (χ1) is 16.7. The molecule has 0 unspecified atom stereocenters. The minimum absolute atomic E-state index is 0.113. The van der Waals surface area contributed by atoms with Crippen LogP contribution in [0.3, 0.4) is 0 Å². The summed E-state index contributed by atoms with van der Waals surface area (Å²) in [4.78, 5) is 26.0. The topological polar surface area (TPSA) is 89.5 Å². The van der Waals surface area contributed by atoms with E-state index in [1.165, 1.54) is 16.5 Å². The number of pyridine rings is 1. The van der Waals surface area contributed by atoms with Crippen LogP contribution in [0.1, 0.15) is 27.3 Å². The standard InChI is InChI=1S/C25H17F3N4O3/c1-14-21(33)17-8-5-9-18(23(17)35-22(14)15-6-3-2-4-7-15)24(34)29-12-20-31-30-19-11-10-16(13-32(19)20)25(26,27)28/h2-11,13H,12H2,1H3,(H,29,34). The van der Waals surface area contributed by atoms with Gasteiger partial charge in [0.25, 0.3) is 5.91 Å². The van der Waals surface area contributed by atoms with Crippen LogP contribution in [0.5, 0.6) is 0 Å². The van der Waals surface area contributed by atoms with Gasteiger partial charge in [-0.2, -0.15) is 13.2 Å². The monoisotopic (exact) mass is 478 g/mol. The summed E-state index contributed by atoms with van der Waals surface area (Å²) in [6.07, 6.45) is -3.66. The number of alkyl halides is 3. The van der Waals surface area contributed by atoms with Crippen molar-refractivity contribution in [3.63, 3.8) is 0 Å². The molecule has 0 saturated carbocycles. The maximum absolute atomic E-state index is 13.1. The zero-order valence-electron chi connectivity index (χ0n) is 18.3. The lowest BCUT2D eigenvalue weighted by Crippen LogP contribution is -2.24. The number of para-hydroxylation sites is 1. The quantitative estimate of drug-likeness (QED) is 0.402. The van der Waals surface area contributed by atoms with Crippen molar-refractivity contribution in [2.45, 2.75) is 19.6 Å². The SMILES string of the molecule is Cc1c(-c2ccccc2)oc2c(C(=O)NCc3nnc4ccc(C(F)(F)F)cn34)cccc2c1=O. The number of halogens is 3. The van der Waals surface area contributed by atoms with Crippen molar-refractivity contribution >= 4 is 22.5 Å². The van der Waals surface area contributed by atoms with Gasteiger partial charge in [0.1, 0.15) is 5.76 Å². The van der Waals surface area contributed by atoms with E-state index in [4.69, 9.17) is 4.42 Å². The summed E-state index contributed by atoms with van der Waals surface area (Å²) >= 11 is 0. The molecule has 3 heterocycles. The van der Waals surface area contributed by atoms with Crippen LogP contribution in [0.25, 0.3) is 27.9 Å². The molecule has 0 saturated heterocycles. The van der Waals surface area contributed by atoms with E-state index in [0.717, 1.165) is 12.3 Å². The number of hydrogen-bond donors (Lipinski definition) is 1. The second kappa shape index (κ2) is 8.39. The van der Waals surface area contributed by atoms with Gasteiger partial charge < -0.3 is 9.73 Å². The van der Waals surface area contributed by atoms with E-state index in [2.05, 4.69) is 15.5 Å². The highest BCUT2D eigenvalue weighted by Gasteiger charge is 2.31. The predicted octanol–water partition coefficient (Wildman–Crippen LogP) is 4.76. The van der Waals surface area contributed by atoms with Crippen molar-refractivity contribution in [2.75, 3.05) is 0 Å². The first-order valence-corrected chi connectivity index (χ1v) is 10.5. The molecule has 0 aliphatic heterocycles. The van der Waals surface area contributed by atoms with Crippen LogP contribution in [-0.2, 0) is 12.7 Å². The van der Waals surface area contributed by atoms with E-state index in [9.17, 15) is 22.8 Å². The maximum atomic E-state index is 13.1. The van der Waals surface area contributed by atoms with Gasteiger partial charge in [-0.15, -0.1) is 10.2 Å². The van der Waals surface area contributed by atoms with E-state index in [1.807, 2.05) is 18.2 Å². The molecular weight excluding hydrogens is 461 g/mol. The molecule has 10 heteroatoms. The highest BCUT2D eigenvalue weighted by atomic mass is 19.4. The lowest BCUT2D eigenvalue weighted by molar-refractivity contribution is -0.137. The smallest absolute Gasteiger partial charge is 0.417 e. The second-order valence-corrected chi connectivity index (χ2v) is 7.88. The molecule has 176 valence electrons. The first kappa shape index (κ1) is 22.3. The summed E-state index contributed by atoms with van der Waals surface area (Å²) in [6.45, 7) is 1.46. The molecule has 0 aliphatic rings. The number of benzene rings is 2. The van der Waals surface area contributed by atoms with Gasteiger partial charge in [0, 0.05) is 17.3 Å². The number of amides is 1. The van der Waals surface area contributed by atoms with Gasteiger partial charge in [0.15, 0.2) is 22.5 Å². The zero-order chi connectivity index (χ0) is 24.7. The van der Waals surface area contributed by atoms with Crippen molar-refractivity contribution < 1.29 is 22.4 Å². The van der Waals surface area contributed by atoms with Gasteiger partial charge >= 0.3 is 6.18 Å². The Kier molecular flexibility index (Phi) is 5.35. The Morgan fingerprint density at radius 1 is 1.03 bits per heavy atom. The molecule has 2 aromatic carbocycles. The number of aromatic nitrogens is 3. The molecule has 0 atom stereocenters. The lowest BCUT2D eigenvalue weighted by atomic mass is 10.0. The van der Waals surface area contributed by atoms with Gasteiger partial charge in [-0.1, -0.05) is 36.4 Å². The molecule has 0 aliphatic carbocycles. The lowest BCUT2D eigenvalue weighted by Gasteiger charge is -2.11. The Labute approximate surface area is 195 Å². The average molecular weight is 478 g/mol. The molecule has 7 nitrogen and oxygen atoms in total. The number of nitrogens with zero attached hydrogens (tertiary/aromatic N) is 3. The van der Waals surface area contributed by atoms with Crippen molar-refractivity contribution in [1.82, 2.24) is 19.9 Å². The van der Waals surface area contributed by atoms with E-state index in [-0.39, 0.29) is 40.0 Å². The Morgan fingerprint density at radius 2 is 1.80 bits per heavy atom. The van der Waals surface area contributed by atoms with Crippen LogP contribution >= 0.6 is 0 Å². The number of rotatable bonds is 4. The number of nitrogens with one attached hydrogen (secondary N) is 1. The Balaban J connectivity index is 1.50. The van der Waals surface area contributed by atoms with Crippen LogP contribution in [0.15, 0.2) is 76.1 Å². The fourth-order valence-corrected chi connectivity index (χ4v) is 3.83. The number of hydrogen-bond acceptors (Lipinski definition) is 5. The molecule has 0 radical (unpaired) electrons. The molecule has 1 amide bonds. The van der Waals surface area contributed by atoms with Crippen LogP contribution in [0.2, 0.25) is 0 Å². The van der Waals surface area contributed by atoms with Crippen molar-refractivity contribution in [2.24, 2.45) is 0 Å². The first-order valence-electron chi connectivity index (χ1n) is 10.5. The average Bonchev–Trinajstić information content (AvgIpc) is 3.26. The Morgan fingerprint density at radius 3 is 2.54 bits per heavy atom. The van der Waals surface area contributed by atoms with E-state index in [0.29, 0.717) is 16.9 Å². The molecular formula is C25H17F3N4O3. The largest absolute Gasteiger partial charge is 0.455 e. The highest BCUT2D eigenvalue weighted by molar-refractivity contribution is 6.05. The normalized spacial score (nSPS) is 11.8. The summed E-state index contributed by atoms with van der Waals surface area (Å²) in [5.41, 5.74) is 0.416. The molecule has 0 bridgehead atoms. The molecule has 5 aromatic rings. The Hall–Kier alpha value is -4.47. The minimum atomic E-state index is -4.53. The summed E-state index contributed by atoms with van der Waals surface area (Å²) in [7, 11) is 0. The van der Waals surface area contributed by atoms with Crippen molar-refractivity contribution in [3.8, 4) is 11.3 Å². The van der Waals surface area contributed by atoms with Crippen molar-refractivity contribution in [3.05, 3.63) is 99.6 Å². The van der Waals surface area contributed by atoms with Gasteiger partial charge in [0.05, 0.1) is 23.1 Å². The molecule has 3 aromatic heterocycles. The van der Waals surface area contributed by atoms with E-state index >= 15 is 0 Å². The summed E-state index contributed by atoms with van der Waals surface area (Å²) < 4.78 is 46.5. The van der Waals surface area contributed by atoms with Crippen LogP contribution in [0, 0.1) is 6.92 Å². The molecule has 35 heavy (non-hydrogen) atoms. The number of carbonyl (C=O) groups excluding carboxylic acids is 1. The summed E-state index contributed by atoms with van der Waals surface area (Å²) in [5.74, 6) is -0.112. The zero-order valence-corrected chi connectivity index (χ0v) is 18.3. The fourth-order valence-electron chi connectivity index (χ4n) is 3.83. The van der Waals surface area contributed by atoms with E-state index in [1.54, 1.807) is 31.2 Å². The predicted molar refractivity (Wildman–Crippen MR) is 122 cm³/mol. The van der Waals surface area contributed by atoms with Gasteiger partial charge in [-0.3, -0.25) is 14.0 Å². The van der Waals surface area contributed by atoms with Gasteiger partial charge in [-0.05, 0) is 31.2 Å². The molecule has 0 spiro atoms. The van der Waals surface area contributed by atoms with Gasteiger partial charge in [-0.25, -0.2) is 0 Å². The van der Waals surface area contributed by atoms with Gasteiger partial charge in [0.2, 0.25) is 0 Å². The van der Waals surface area contributed by atoms with Crippen LogP contribution in [0.4, 0.5) is 13.2 Å². The highest BCUT2D eigenvalue weighted by Crippen LogP contribution is 2.29. The Bertz CT molecular complexity index is 1640. The fraction of sp³-hybridized carbons (Fsp3) is 0.120. The minimum Gasteiger partial charge on any atom is -0.455 e. The third kappa shape index (κ3) is 4.03. The number of carbonyl (C=O) groups is 1. The second-order valence-electron chi connectivity index (χ2n) is 7.88. The molecule has 1 N–H and O–H groups in total. The summed E-state index contributed by atoms with van der Waals surface area (Å²) in [5, 5.41) is 10.6. The summed E-state index contributed by atoms with van der Waals surface area (Å²) in [6, 6.07) is 15.8. The van der Waals surface area contributed by atoms with E-state index < -0.39 is 17.6 Å².